The van der Waals surface area contributed by atoms with Crippen molar-refractivity contribution in [1.29, 1.82) is 0 Å². The van der Waals surface area contributed by atoms with E-state index in [1.165, 1.54) is 7.11 Å². The van der Waals surface area contributed by atoms with Crippen molar-refractivity contribution in [2.24, 2.45) is 11.8 Å². The number of para-hydroxylation sites is 1. The second kappa shape index (κ2) is 9.56. The number of esters is 1. The number of carbonyl (C=O) groups is 2. The summed E-state index contributed by atoms with van der Waals surface area (Å²) < 4.78 is 6.92. The number of halogens is 1. The van der Waals surface area contributed by atoms with Gasteiger partial charge in [-0.3, -0.25) is 9.59 Å². The van der Waals surface area contributed by atoms with Gasteiger partial charge >= 0.3 is 5.97 Å². The average molecular weight is 439 g/mol. The molecule has 1 fully saturated rings. The molecule has 0 bridgehead atoms. The minimum absolute atomic E-state index is 0.00106. The van der Waals surface area contributed by atoms with Gasteiger partial charge in [-0.15, -0.1) is 0 Å². The van der Waals surface area contributed by atoms with E-state index in [1.54, 1.807) is 0 Å². The largest absolute Gasteiger partial charge is 0.469 e. The molecule has 4 rings (SSSR count). The van der Waals surface area contributed by atoms with E-state index in [9.17, 15) is 9.59 Å². The number of amides is 1. The van der Waals surface area contributed by atoms with Crippen LogP contribution in [-0.2, 0) is 16.1 Å². The molecule has 1 saturated carbocycles. The maximum atomic E-state index is 13.1. The molecule has 0 aliphatic heterocycles. The molecule has 6 heteroatoms. The summed E-state index contributed by atoms with van der Waals surface area (Å²) in [6.07, 6.45) is 3.50. The molecule has 31 heavy (non-hydrogen) atoms. The van der Waals surface area contributed by atoms with Crippen LogP contribution in [0.2, 0.25) is 5.02 Å². The first-order valence-corrected chi connectivity index (χ1v) is 11.1. The molecule has 1 aliphatic rings. The molecule has 0 saturated heterocycles. The monoisotopic (exact) mass is 438 g/mol. The van der Waals surface area contributed by atoms with E-state index >= 15 is 0 Å². The normalized spacial score (nSPS) is 18.6. The third-order valence-corrected chi connectivity index (χ3v) is 6.48. The van der Waals surface area contributed by atoms with Gasteiger partial charge in [0.2, 0.25) is 0 Å². The number of fused-ring (bicyclic) bond motifs is 1. The minimum atomic E-state index is -0.116. The third-order valence-electron chi connectivity index (χ3n) is 6.23. The standard InChI is InChI=1S/C25H27ClN2O3/c1-31-25(30)19-10-6-17(7-11-19)15-27-24(29)23-14-20-4-2-3-5-22(20)28(23)16-18-8-12-21(26)13-9-18/h2-5,8-9,12-14,17,19H,6-7,10-11,15-16H2,1H3,(H,27,29)/t17-,19-. The summed E-state index contributed by atoms with van der Waals surface area (Å²) in [5, 5.41) is 4.86. The van der Waals surface area contributed by atoms with Gasteiger partial charge in [-0.2, -0.15) is 0 Å². The molecule has 5 nitrogen and oxygen atoms in total. The molecule has 0 unspecified atom stereocenters. The predicted octanol–water partition coefficient (Wildman–Crippen LogP) is 5.05. The van der Waals surface area contributed by atoms with E-state index in [0.29, 0.717) is 29.7 Å². The molecule has 1 N–H and O–H groups in total. The maximum absolute atomic E-state index is 13.1. The lowest BCUT2D eigenvalue weighted by Gasteiger charge is -2.27. The number of carbonyl (C=O) groups excluding carboxylic acids is 2. The van der Waals surface area contributed by atoms with E-state index < -0.39 is 0 Å². The molecule has 162 valence electrons. The van der Waals surface area contributed by atoms with Crippen molar-refractivity contribution in [3.8, 4) is 0 Å². The van der Waals surface area contributed by atoms with Gasteiger partial charge in [0.05, 0.1) is 13.0 Å². The molecule has 3 aromatic rings. The summed E-state index contributed by atoms with van der Waals surface area (Å²) in [6.45, 7) is 1.22. The second-order valence-corrected chi connectivity index (χ2v) is 8.69. The number of methoxy groups -OCH3 is 1. The number of nitrogens with zero attached hydrogens (tertiary/aromatic N) is 1. The number of benzene rings is 2. The van der Waals surface area contributed by atoms with Gasteiger partial charge in [-0.1, -0.05) is 41.9 Å². The first-order valence-electron chi connectivity index (χ1n) is 10.7. The highest BCUT2D eigenvalue weighted by molar-refractivity contribution is 6.30. The van der Waals surface area contributed by atoms with Crippen LogP contribution in [0.4, 0.5) is 0 Å². The maximum Gasteiger partial charge on any atom is 0.308 e. The Morgan fingerprint density at radius 2 is 1.77 bits per heavy atom. The summed E-state index contributed by atoms with van der Waals surface area (Å²) >= 11 is 6.02. The third kappa shape index (κ3) is 4.93. The number of nitrogens with one attached hydrogen (secondary N) is 1. The van der Waals surface area contributed by atoms with Crippen LogP contribution in [0.25, 0.3) is 10.9 Å². The fraction of sp³-hybridized carbons (Fsp3) is 0.360. The Balaban J connectivity index is 1.46. The van der Waals surface area contributed by atoms with Gasteiger partial charge in [0.25, 0.3) is 5.91 Å². The summed E-state index contributed by atoms with van der Waals surface area (Å²) in [7, 11) is 1.44. The van der Waals surface area contributed by atoms with Crippen molar-refractivity contribution in [1.82, 2.24) is 9.88 Å². The number of hydrogen-bond acceptors (Lipinski definition) is 3. The molecule has 0 radical (unpaired) electrons. The van der Waals surface area contributed by atoms with Crippen molar-refractivity contribution in [3.05, 3.63) is 70.9 Å². The van der Waals surface area contributed by atoms with E-state index in [4.69, 9.17) is 16.3 Å². The van der Waals surface area contributed by atoms with Crippen LogP contribution in [0.15, 0.2) is 54.6 Å². The lowest BCUT2D eigenvalue weighted by molar-refractivity contribution is -0.146. The molecule has 2 aromatic carbocycles. The first kappa shape index (κ1) is 21.4. The SMILES string of the molecule is COC(=O)[C@H]1CC[C@H](CNC(=O)c2cc3ccccc3n2Cc2ccc(Cl)cc2)CC1. The Labute approximate surface area is 187 Å². The highest BCUT2D eigenvalue weighted by atomic mass is 35.5. The summed E-state index contributed by atoms with van der Waals surface area (Å²) in [5.74, 6) is 0.201. The number of hydrogen-bond donors (Lipinski definition) is 1. The fourth-order valence-corrected chi connectivity index (χ4v) is 4.56. The molecule has 1 heterocycles. The average Bonchev–Trinajstić information content (AvgIpc) is 3.17. The summed E-state index contributed by atoms with van der Waals surface area (Å²) in [4.78, 5) is 24.8. The lowest BCUT2D eigenvalue weighted by atomic mass is 9.82. The Morgan fingerprint density at radius 1 is 1.06 bits per heavy atom. The van der Waals surface area contributed by atoms with Crippen LogP contribution >= 0.6 is 11.6 Å². The van der Waals surface area contributed by atoms with Gasteiger partial charge < -0.3 is 14.6 Å². The topological polar surface area (TPSA) is 60.3 Å². The molecular weight excluding hydrogens is 412 g/mol. The van der Waals surface area contributed by atoms with Gasteiger partial charge in [0, 0.05) is 29.0 Å². The van der Waals surface area contributed by atoms with Crippen LogP contribution in [-0.4, -0.2) is 30.1 Å². The van der Waals surface area contributed by atoms with Gasteiger partial charge in [0.15, 0.2) is 0 Å². The number of rotatable bonds is 6. The molecule has 1 amide bonds. The van der Waals surface area contributed by atoms with Gasteiger partial charge in [-0.05, 0) is 61.4 Å². The highest BCUT2D eigenvalue weighted by Crippen LogP contribution is 2.29. The van der Waals surface area contributed by atoms with Crippen molar-refractivity contribution in [2.75, 3.05) is 13.7 Å². The Hall–Kier alpha value is -2.79. The molecule has 0 atom stereocenters. The lowest BCUT2D eigenvalue weighted by Crippen LogP contribution is -2.33. The molecule has 0 spiro atoms. The Morgan fingerprint density at radius 3 is 2.48 bits per heavy atom. The first-order chi connectivity index (χ1) is 15.0. The Bertz CT molecular complexity index is 1070. The summed E-state index contributed by atoms with van der Waals surface area (Å²) in [6, 6.07) is 17.7. The quantitative estimate of drug-likeness (QED) is 0.547. The van der Waals surface area contributed by atoms with Crippen LogP contribution in [0.3, 0.4) is 0 Å². The van der Waals surface area contributed by atoms with Gasteiger partial charge in [-0.25, -0.2) is 0 Å². The summed E-state index contributed by atoms with van der Waals surface area (Å²) in [5.41, 5.74) is 2.77. The molecular formula is C25H27ClN2O3. The van der Waals surface area contributed by atoms with Crippen LogP contribution < -0.4 is 5.32 Å². The van der Waals surface area contributed by atoms with Gasteiger partial charge in [0.1, 0.15) is 5.69 Å². The van der Waals surface area contributed by atoms with Crippen molar-refractivity contribution >= 4 is 34.4 Å². The van der Waals surface area contributed by atoms with Crippen molar-refractivity contribution < 1.29 is 14.3 Å². The Kier molecular flexibility index (Phi) is 6.62. The van der Waals surface area contributed by atoms with Crippen LogP contribution in [0.5, 0.6) is 0 Å². The predicted molar refractivity (Wildman–Crippen MR) is 122 cm³/mol. The zero-order valence-electron chi connectivity index (χ0n) is 17.6. The van der Waals surface area contributed by atoms with E-state index in [-0.39, 0.29) is 17.8 Å². The van der Waals surface area contributed by atoms with E-state index in [1.807, 2.05) is 54.6 Å². The zero-order chi connectivity index (χ0) is 21.8. The van der Waals surface area contributed by atoms with Crippen LogP contribution in [0.1, 0.15) is 41.7 Å². The van der Waals surface area contributed by atoms with Crippen LogP contribution in [0, 0.1) is 11.8 Å². The second-order valence-electron chi connectivity index (χ2n) is 8.25. The molecule has 1 aromatic heterocycles. The zero-order valence-corrected chi connectivity index (χ0v) is 18.4. The van der Waals surface area contributed by atoms with E-state index in [0.717, 1.165) is 42.1 Å². The number of ether oxygens (including phenoxy) is 1. The fourth-order valence-electron chi connectivity index (χ4n) is 4.44. The smallest absolute Gasteiger partial charge is 0.308 e. The molecule has 1 aliphatic carbocycles. The highest BCUT2D eigenvalue weighted by Gasteiger charge is 2.27. The number of aromatic nitrogens is 1. The van der Waals surface area contributed by atoms with Crippen molar-refractivity contribution in [2.45, 2.75) is 32.2 Å². The van der Waals surface area contributed by atoms with Crippen molar-refractivity contribution in [3.63, 3.8) is 0 Å². The minimum Gasteiger partial charge on any atom is -0.469 e. The van der Waals surface area contributed by atoms with E-state index in [2.05, 4.69) is 9.88 Å².